The maximum absolute atomic E-state index is 10.8. The summed E-state index contributed by atoms with van der Waals surface area (Å²) in [7, 11) is 0. The molecule has 1 aromatic heterocycles. The number of nitro groups is 1. The van der Waals surface area contributed by atoms with E-state index in [2.05, 4.69) is 5.32 Å². The van der Waals surface area contributed by atoms with Crippen LogP contribution in [-0.2, 0) is 0 Å². The summed E-state index contributed by atoms with van der Waals surface area (Å²) in [5.74, 6) is 0. The van der Waals surface area contributed by atoms with Crippen LogP contribution in [0.4, 0.5) is 11.4 Å². The Balaban J connectivity index is 2.10. The third kappa shape index (κ3) is 3.85. The number of aliphatic hydroxyl groups excluding tert-OH is 1. The number of hydrogen-bond acceptors (Lipinski definition) is 5. The van der Waals surface area contributed by atoms with E-state index in [9.17, 15) is 15.2 Å². The van der Waals surface area contributed by atoms with Crippen molar-refractivity contribution in [2.75, 3.05) is 11.9 Å². The van der Waals surface area contributed by atoms with E-state index in [1.165, 1.54) is 17.4 Å². The summed E-state index contributed by atoms with van der Waals surface area (Å²) in [6, 6.07) is 6.36. The standard InChI is InChI=1S/C13H12Cl2N2O3S/c1-7-4-9(8(14)5-10(7)17(19)20)16-6-11(18)12-2-3-13(15)21-12/h2-5,11,16,18H,6H2,1H3. The highest BCUT2D eigenvalue weighted by Crippen LogP contribution is 2.31. The molecule has 2 rings (SSSR count). The van der Waals surface area contributed by atoms with Crippen molar-refractivity contribution in [2.45, 2.75) is 13.0 Å². The Morgan fingerprint density at radius 1 is 1.43 bits per heavy atom. The topological polar surface area (TPSA) is 75.4 Å². The Kier molecular flexibility index (Phi) is 5.05. The van der Waals surface area contributed by atoms with E-state index in [1.807, 2.05) is 0 Å². The Morgan fingerprint density at radius 3 is 2.71 bits per heavy atom. The van der Waals surface area contributed by atoms with Crippen molar-refractivity contribution in [2.24, 2.45) is 0 Å². The minimum absolute atomic E-state index is 0.0314. The number of benzene rings is 1. The molecule has 112 valence electrons. The number of aryl methyl sites for hydroxylation is 1. The molecular formula is C13H12Cl2N2O3S. The van der Waals surface area contributed by atoms with Crippen molar-refractivity contribution >= 4 is 45.9 Å². The van der Waals surface area contributed by atoms with Gasteiger partial charge in [-0.15, -0.1) is 11.3 Å². The quantitative estimate of drug-likeness (QED) is 0.620. The van der Waals surface area contributed by atoms with Gasteiger partial charge in [0.2, 0.25) is 0 Å². The molecule has 2 N–H and O–H groups in total. The third-order valence-electron chi connectivity index (χ3n) is 2.89. The molecule has 0 aliphatic rings. The molecule has 0 amide bonds. The van der Waals surface area contributed by atoms with Crippen LogP contribution in [0.1, 0.15) is 16.5 Å². The van der Waals surface area contributed by atoms with Gasteiger partial charge in [0.1, 0.15) is 6.10 Å². The molecule has 1 aromatic carbocycles. The lowest BCUT2D eigenvalue weighted by Gasteiger charge is -2.13. The Labute approximate surface area is 135 Å². The molecule has 0 aliphatic carbocycles. The summed E-state index contributed by atoms with van der Waals surface area (Å²) >= 11 is 13.1. The van der Waals surface area contributed by atoms with Gasteiger partial charge in [0.25, 0.3) is 5.69 Å². The zero-order valence-electron chi connectivity index (χ0n) is 11.0. The van der Waals surface area contributed by atoms with Crippen LogP contribution in [0, 0.1) is 17.0 Å². The average Bonchev–Trinajstić information content (AvgIpc) is 2.85. The maximum atomic E-state index is 10.8. The normalized spacial score (nSPS) is 12.2. The number of thiophene rings is 1. The van der Waals surface area contributed by atoms with Crippen LogP contribution in [0.5, 0.6) is 0 Å². The van der Waals surface area contributed by atoms with Crippen molar-refractivity contribution in [3.05, 3.63) is 54.2 Å². The molecule has 0 saturated carbocycles. The fourth-order valence-corrected chi connectivity index (χ4v) is 3.09. The molecule has 2 aromatic rings. The molecule has 1 atom stereocenters. The molecule has 8 heteroatoms. The van der Waals surface area contributed by atoms with Crippen LogP contribution in [0.3, 0.4) is 0 Å². The highest BCUT2D eigenvalue weighted by atomic mass is 35.5. The number of anilines is 1. The largest absolute Gasteiger partial charge is 0.386 e. The van der Waals surface area contributed by atoms with Crippen molar-refractivity contribution in [3.8, 4) is 0 Å². The molecule has 0 spiro atoms. The van der Waals surface area contributed by atoms with Crippen LogP contribution in [0.2, 0.25) is 9.36 Å². The fraction of sp³-hybridized carbons (Fsp3) is 0.231. The molecule has 1 unspecified atom stereocenters. The van der Waals surface area contributed by atoms with Crippen LogP contribution >= 0.6 is 34.5 Å². The maximum Gasteiger partial charge on any atom is 0.273 e. The smallest absolute Gasteiger partial charge is 0.273 e. The number of nitrogens with one attached hydrogen (secondary N) is 1. The lowest BCUT2D eigenvalue weighted by atomic mass is 10.1. The Morgan fingerprint density at radius 2 is 2.14 bits per heavy atom. The minimum atomic E-state index is -0.728. The first-order valence-electron chi connectivity index (χ1n) is 6.00. The van der Waals surface area contributed by atoms with Crippen molar-refractivity contribution < 1.29 is 10.0 Å². The first kappa shape index (κ1) is 16.0. The van der Waals surface area contributed by atoms with Crippen LogP contribution in [-0.4, -0.2) is 16.6 Å². The van der Waals surface area contributed by atoms with Gasteiger partial charge in [-0.2, -0.15) is 0 Å². The van der Waals surface area contributed by atoms with E-state index in [1.54, 1.807) is 25.1 Å². The first-order chi connectivity index (χ1) is 9.88. The van der Waals surface area contributed by atoms with Gasteiger partial charge in [-0.05, 0) is 25.1 Å². The molecule has 0 aliphatic heterocycles. The van der Waals surface area contributed by atoms with Gasteiger partial charge >= 0.3 is 0 Å². The van der Waals surface area contributed by atoms with E-state index < -0.39 is 11.0 Å². The molecule has 0 radical (unpaired) electrons. The van der Waals surface area contributed by atoms with Crippen LogP contribution in [0.15, 0.2) is 24.3 Å². The summed E-state index contributed by atoms with van der Waals surface area (Å²) in [6.45, 7) is 1.86. The monoisotopic (exact) mass is 346 g/mol. The molecule has 0 saturated heterocycles. The number of nitrogens with zero attached hydrogens (tertiary/aromatic N) is 1. The molecule has 0 bridgehead atoms. The number of aliphatic hydroxyl groups is 1. The van der Waals surface area contributed by atoms with Gasteiger partial charge in [-0.1, -0.05) is 23.2 Å². The van der Waals surface area contributed by atoms with E-state index in [4.69, 9.17) is 23.2 Å². The van der Waals surface area contributed by atoms with Gasteiger partial charge < -0.3 is 10.4 Å². The molecule has 21 heavy (non-hydrogen) atoms. The van der Waals surface area contributed by atoms with Crippen molar-refractivity contribution in [1.82, 2.24) is 0 Å². The molecule has 0 fully saturated rings. The Bertz CT molecular complexity index is 675. The lowest BCUT2D eigenvalue weighted by molar-refractivity contribution is -0.385. The zero-order chi connectivity index (χ0) is 15.6. The second-order valence-electron chi connectivity index (χ2n) is 4.41. The highest BCUT2D eigenvalue weighted by molar-refractivity contribution is 7.16. The molecular weight excluding hydrogens is 335 g/mol. The lowest BCUT2D eigenvalue weighted by Crippen LogP contribution is -2.11. The number of rotatable bonds is 5. The van der Waals surface area contributed by atoms with Gasteiger partial charge in [-0.25, -0.2) is 0 Å². The first-order valence-corrected chi connectivity index (χ1v) is 7.57. The highest BCUT2D eigenvalue weighted by Gasteiger charge is 2.16. The van der Waals surface area contributed by atoms with Crippen molar-refractivity contribution in [3.63, 3.8) is 0 Å². The summed E-state index contributed by atoms with van der Waals surface area (Å²) in [6.07, 6.45) is -0.728. The number of nitro benzene ring substituents is 1. The minimum Gasteiger partial charge on any atom is -0.386 e. The number of hydrogen-bond donors (Lipinski definition) is 2. The van der Waals surface area contributed by atoms with E-state index in [-0.39, 0.29) is 17.3 Å². The summed E-state index contributed by atoms with van der Waals surface area (Å²) in [5, 5.41) is 24.1. The second kappa shape index (κ2) is 6.62. The second-order valence-corrected chi connectivity index (χ2v) is 6.57. The van der Waals surface area contributed by atoms with E-state index in [0.29, 0.717) is 15.6 Å². The SMILES string of the molecule is Cc1cc(NCC(O)c2ccc(Cl)s2)c(Cl)cc1[N+](=O)[O-]. The fourth-order valence-electron chi connectivity index (χ4n) is 1.82. The van der Waals surface area contributed by atoms with Gasteiger partial charge in [0, 0.05) is 23.1 Å². The Hall–Kier alpha value is -1.34. The van der Waals surface area contributed by atoms with E-state index >= 15 is 0 Å². The summed E-state index contributed by atoms with van der Waals surface area (Å²) in [4.78, 5) is 11.1. The van der Waals surface area contributed by atoms with Crippen LogP contribution < -0.4 is 5.32 Å². The van der Waals surface area contributed by atoms with Crippen LogP contribution in [0.25, 0.3) is 0 Å². The molecule has 1 heterocycles. The summed E-state index contributed by atoms with van der Waals surface area (Å²) in [5.41, 5.74) is 1.01. The molecule has 5 nitrogen and oxygen atoms in total. The third-order valence-corrected chi connectivity index (χ3v) is 4.54. The van der Waals surface area contributed by atoms with Gasteiger partial charge in [-0.3, -0.25) is 10.1 Å². The number of halogens is 2. The predicted molar refractivity (Wildman–Crippen MR) is 85.6 cm³/mol. The predicted octanol–water partition coefficient (Wildman–Crippen LogP) is 4.42. The zero-order valence-corrected chi connectivity index (χ0v) is 13.3. The van der Waals surface area contributed by atoms with E-state index in [0.717, 1.165) is 4.88 Å². The van der Waals surface area contributed by atoms with Crippen molar-refractivity contribution in [1.29, 1.82) is 0 Å². The summed E-state index contributed by atoms with van der Waals surface area (Å²) < 4.78 is 0.605. The van der Waals surface area contributed by atoms with Gasteiger partial charge in [0.15, 0.2) is 0 Å². The average molecular weight is 347 g/mol. The van der Waals surface area contributed by atoms with Gasteiger partial charge in [0.05, 0.1) is 20.0 Å².